The molecule has 1 heterocycles. The van der Waals surface area contributed by atoms with Crippen LogP contribution in [0.25, 0.3) is 22.3 Å². The molecule has 1 N–H and O–H groups in total. The second kappa shape index (κ2) is 12.3. The number of nitrogens with zero attached hydrogens (tertiary/aromatic N) is 2. The number of carboxylic acid groups (broad SMARTS) is 1. The van der Waals surface area contributed by atoms with Gasteiger partial charge in [0.15, 0.2) is 5.69 Å². The molecule has 0 radical (unpaired) electrons. The van der Waals surface area contributed by atoms with Gasteiger partial charge in [-0.2, -0.15) is 9.59 Å². The Labute approximate surface area is 204 Å². The molecule has 178 valence electrons. The molecular weight excluding hydrogens is 440 g/mol. The highest BCUT2D eigenvalue weighted by atomic mass is 16.4. The fourth-order valence-electron chi connectivity index (χ4n) is 4.12. The van der Waals surface area contributed by atoms with Gasteiger partial charge in [-0.15, -0.1) is 0 Å². The zero-order valence-electron chi connectivity index (χ0n) is 19.9. The average molecular weight is 469 g/mol. The number of carbonyl (C=O) groups is 1. The van der Waals surface area contributed by atoms with Crippen LogP contribution in [0.4, 0.5) is 0 Å². The van der Waals surface area contributed by atoms with E-state index in [-0.39, 0.29) is 6.15 Å². The monoisotopic (exact) mass is 468 g/mol. The van der Waals surface area contributed by atoms with Crippen molar-refractivity contribution in [3.63, 3.8) is 0 Å². The molecule has 1 aromatic heterocycles. The van der Waals surface area contributed by atoms with Crippen LogP contribution in [0.5, 0.6) is 0 Å². The van der Waals surface area contributed by atoms with Crippen molar-refractivity contribution in [1.29, 1.82) is 0 Å². The number of hydrogen-bond acceptors (Lipinski definition) is 4. The van der Waals surface area contributed by atoms with E-state index in [1.807, 2.05) is 17.6 Å². The summed E-state index contributed by atoms with van der Waals surface area (Å²) in [6, 6.07) is 27.3. The van der Waals surface area contributed by atoms with Gasteiger partial charge in [-0.25, -0.2) is 9.78 Å². The van der Waals surface area contributed by atoms with Gasteiger partial charge in [-0.05, 0) is 46.7 Å². The molecule has 4 rings (SSSR count). The van der Waals surface area contributed by atoms with Gasteiger partial charge in [0, 0.05) is 13.0 Å². The van der Waals surface area contributed by atoms with Gasteiger partial charge in [0.2, 0.25) is 0 Å². The van der Waals surface area contributed by atoms with Crippen LogP contribution in [0.3, 0.4) is 0 Å². The molecule has 6 nitrogen and oxygen atoms in total. The molecule has 0 saturated carbocycles. The van der Waals surface area contributed by atoms with E-state index >= 15 is 0 Å². The van der Waals surface area contributed by atoms with E-state index in [1.165, 1.54) is 11.1 Å². The summed E-state index contributed by atoms with van der Waals surface area (Å²) in [5.41, 5.74) is 6.72. The number of carboxylic acids is 1. The number of hydrogen-bond donors (Lipinski definition) is 1. The normalized spacial score (nSPS) is 10.2. The van der Waals surface area contributed by atoms with E-state index < -0.39 is 5.97 Å². The number of aromatic nitrogens is 2. The van der Waals surface area contributed by atoms with Crippen molar-refractivity contribution in [2.45, 2.75) is 39.7 Å². The highest BCUT2D eigenvalue weighted by molar-refractivity contribution is 5.87. The van der Waals surface area contributed by atoms with Gasteiger partial charge < -0.3 is 9.67 Å². The lowest BCUT2D eigenvalue weighted by molar-refractivity contribution is -0.191. The van der Waals surface area contributed by atoms with Crippen LogP contribution in [0.2, 0.25) is 0 Å². The van der Waals surface area contributed by atoms with Crippen LogP contribution >= 0.6 is 0 Å². The van der Waals surface area contributed by atoms with E-state index in [1.54, 1.807) is 0 Å². The van der Waals surface area contributed by atoms with Crippen LogP contribution in [0, 0.1) is 0 Å². The summed E-state index contributed by atoms with van der Waals surface area (Å²) < 4.78 is 1.87. The molecule has 0 unspecified atom stereocenters. The second-order valence-corrected chi connectivity index (χ2v) is 8.05. The highest BCUT2D eigenvalue weighted by Gasteiger charge is 2.21. The first-order chi connectivity index (χ1) is 17.0. The van der Waals surface area contributed by atoms with E-state index in [0.29, 0.717) is 24.4 Å². The van der Waals surface area contributed by atoms with Crippen LogP contribution in [0.15, 0.2) is 78.9 Å². The van der Waals surface area contributed by atoms with Crippen LogP contribution in [-0.2, 0) is 29.0 Å². The maximum Gasteiger partial charge on any atom is 0.373 e. The summed E-state index contributed by atoms with van der Waals surface area (Å²) in [7, 11) is 0. The zero-order chi connectivity index (χ0) is 25.2. The molecule has 0 bridgehead atoms. The molecule has 0 spiro atoms. The Kier molecular flexibility index (Phi) is 8.88. The Morgan fingerprint density at radius 3 is 1.97 bits per heavy atom. The molecule has 0 fully saturated rings. The summed E-state index contributed by atoms with van der Waals surface area (Å²) in [6.45, 7) is 4.55. The van der Waals surface area contributed by atoms with Gasteiger partial charge in [-0.3, -0.25) is 0 Å². The van der Waals surface area contributed by atoms with Crippen molar-refractivity contribution in [3.05, 3.63) is 102 Å². The topological polar surface area (TPSA) is 89.3 Å². The first-order valence-electron chi connectivity index (χ1n) is 11.6. The Bertz CT molecular complexity index is 1300. The Balaban J connectivity index is 0.00000108. The SMILES string of the molecule is CCCc1nc(CC)c(C(=O)O)n1Cc1ccc(-c2cccc(-c3ccccc3)c2)cc1.O=C=O. The minimum atomic E-state index is -0.911. The van der Waals surface area contributed by atoms with Crippen molar-refractivity contribution in [3.8, 4) is 22.3 Å². The van der Waals surface area contributed by atoms with E-state index in [0.717, 1.165) is 35.4 Å². The fourth-order valence-corrected chi connectivity index (χ4v) is 4.12. The standard InChI is InChI=1S/C28H28N2O2.CO2/c1-3-9-26-29-25(4-2)27(28(31)32)30(26)19-20-14-16-22(17-15-20)24-13-8-12-23(18-24)21-10-6-5-7-11-21;2-1-3/h5-8,10-18H,3-4,9,19H2,1-2H3,(H,31,32);. The van der Waals surface area contributed by atoms with Crippen LogP contribution in [-0.4, -0.2) is 26.8 Å². The number of aromatic carboxylic acids is 1. The number of benzene rings is 3. The van der Waals surface area contributed by atoms with E-state index in [4.69, 9.17) is 9.59 Å². The summed E-state index contributed by atoms with van der Waals surface area (Å²) >= 11 is 0. The molecule has 0 aliphatic carbocycles. The van der Waals surface area contributed by atoms with Crippen LogP contribution < -0.4 is 0 Å². The minimum Gasteiger partial charge on any atom is -0.477 e. The first kappa shape index (κ1) is 25.3. The predicted molar refractivity (Wildman–Crippen MR) is 134 cm³/mol. The molecule has 35 heavy (non-hydrogen) atoms. The van der Waals surface area contributed by atoms with Gasteiger partial charge in [0.1, 0.15) is 5.82 Å². The second-order valence-electron chi connectivity index (χ2n) is 8.05. The highest BCUT2D eigenvalue weighted by Crippen LogP contribution is 2.27. The lowest BCUT2D eigenvalue weighted by atomic mass is 9.98. The van der Waals surface area contributed by atoms with Gasteiger partial charge in [-0.1, -0.05) is 86.6 Å². The third kappa shape index (κ3) is 6.19. The summed E-state index contributed by atoms with van der Waals surface area (Å²) in [5.74, 6) is -0.0626. The molecule has 0 aliphatic heterocycles. The summed E-state index contributed by atoms with van der Waals surface area (Å²) in [6.07, 6.45) is 2.56. The quantitative estimate of drug-likeness (QED) is 0.348. The molecule has 3 aromatic carbocycles. The van der Waals surface area contributed by atoms with Crippen molar-refractivity contribution in [2.75, 3.05) is 0 Å². The molecule has 0 amide bonds. The number of rotatable bonds is 8. The number of imidazole rings is 1. The fraction of sp³-hybridized carbons (Fsp3) is 0.207. The van der Waals surface area contributed by atoms with Gasteiger partial charge in [0.25, 0.3) is 0 Å². The van der Waals surface area contributed by atoms with Gasteiger partial charge >= 0.3 is 12.1 Å². The maximum absolute atomic E-state index is 11.9. The Morgan fingerprint density at radius 1 is 0.857 bits per heavy atom. The van der Waals surface area contributed by atoms with Crippen molar-refractivity contribution >= 4 is 12.1 Å². The maximum atomic E-state index is 11.9. The molecule has 4 aromatic rings. The lowest BCUT2D eigenvalue weighted by Gasteiger charge is -2.11. The minimum absolute atomic E-state index is 0.250. The molecule has 0 aliphatic rings. The van der Waals surface area contributed by atoms with Crippen molar-refractivity contribution < 1.29 is 19.5 Å². The van der Waals surface area contributed by atoms with E-state index in [9.17, 15) is 9.90 Å². The van der Waals surface area contributed by atoms with Crippen molar-refractivity contribution in [2.24, 2.45) is 0 Å². The summed E-state index contributed by atoms with van der Waals surface area (Å²) in [4.78, 5) is 32.8. The molecule has 0 saturated heterocycles. The summed E-state index contributed by atoms with van der Waals surface area (Å²) in [5, 5.41) is 9.79. The molecule has 0 atom stereocenters. The van der Waals surface area contributed by atoms with Gasteiger partial charge in [0.05, 0.1) is 5.69 Å². The smallest absolute Gasteiger partial charge is 0.373 e. The molecular formula is C29H28N2O4. The van der Waals surface area contributed by atoms with E-state index in [2.05, 4.69) is 84.7 Å². The lowest BCUT2D eigenvalue weighted by Crippen LogP contribution is -2.13. The zero-order valence-corrected chi connectivity index (χ0v) is 19.9. The number of carbonyl (C=O) groups excluding carboxylic acids is 2. The third-order valence-electron chi connectivity index (χ3n) is 5.73. The largest absolute Gasteiger partial charge is 0.477 e. The molecule has 6 heteroatoms. The predicted octanol–water partition coefficient (Wildman–Crippen LogP) is 5.90. The first-order valence-corrected chi connectivity index (χ1v) is 11.6. The Hall–Kier alpha value is -4.28. The average Bonchev–Trinajstić information content (AvgIpc) is 3.23. The Morgan fingerprint density at radius 2 is 1.43 bits per heavy atom. The third-order valence-corrected chi connectivity index (χ3v) is 5.73. The van der Waals surface area contributed by atoms with Crippen molar-refractivity contribution in [1.82, 2.24) is 9.55 Å². The number of aryl methyl sites for hydroxylation is 2. The van der Waals surface area contributed by atoms with Crippen LogP contribution in [0.1, 0.15) is 47.8 Å².